The predicted octanol–water partition coefficient (Wildman–Crippen LogP) is 7.38. The SMILES string of the molecule is COc1ccc(-c2c(C(F)(F)F)oc3cc(OCc4c(Cl)cccc4Cl)ccc3c2=O)cc1OC. The maximum Gasteiger partial charge on any atom is 0.450 e. The summed E-state index contributed by atoms with van der Waals surface area (Å²) in [5.41, 5.74) is -1.29. The van der Waals surface area contributed by atoms with Gasteiger partial charge in [-0.05, 0) is 42.0 Å². The molecule has 0 amide bonds. The van der Waals surface area contributed by atoms with E-state index >= 15 is 0 Å². The summed E-state index contributed by atoms with van der Waals surface area (Å²) in [6, 6.07) is 13.0. The minimum absolute atomic E-state index is 0.0284. The van der Waals surface area contributed by atoms with Crippen LogP contribution in [0.2, 0.25) is 10.0 Å². The van der Waals surface area contributed by atoms with Gasteiger partial charge < -0.3 is 18.6 Å². The molecular formula is C25H17Cl2F3O5. The molecule has 1 heterocycles. The van der Waals surface area contributed by atoms with E-state index in [1.165, 1.54) is 50.6 Å². The van der Waals surface area contributed by atoms with E-state index in [9.17, 15) is 18.0 Å². The van der Waals surface area contributed by atoms with E-state index in [4.69, 9.17) is 41.8 Å². The van der Waals surface area contributed by atoms with Crippen molar-refractivity contribution in [3.8, 4) is 28.4 Å². The summed E-state index contributed by atoms with van der Waals surface area (Å²) in [6.45, 7) is -0.0376. The molecule has 0 bridgehead atoms. The predicted molar refractivity (Wildman–Crippen MR) is 127 cm³/mol. The number of fused-ring (bicyclic) bond motifs is 1. The molecule has 0 unspecified atom stereocenters. The van der Waals surface area contributed by atoms with E-state index in [0.29, 0.717) is 21.4 Å². The quantitative estimate of drug-likeness (QED) is 0.263. The van der Waals surface area contributed by atoms with Crippen LogP contribution in [0.1, 0.15) is 11.3 Å². The second kappa shape index (κ2) is 9.71. The molecule has 0 radical (unpaired) electrons. The lowest BCUT2D eigenvalue weighted by atomic mass is 10.0. The highest BCUT2D eigenvalue weighted by atomic mass is 35.5. The fourth-order valence-corrected chi connectivity index (χ4v) is 4.05. The first-order valence-electron chi connectivity index (χ1n) is 10.1. The monoisotopic (exact) mass is 524 g/mol. The Morgan fingerprint density at radius 3 is 2.23 bits per heavy atom. The minimum atomic E-state index is -4.95. The minimum Gasteiger partial charge on any atom is -0.493 e. The van der Waals surface area contributed by atoms with Crippen molar-refractivity contribution in [3.63, 3.8) is 0 Å². The van der Waals surface area contributed by atoms with Crippen LogP contribution in [-0.4, -0.2) is 14.2 Å². The van der Waals surface area contributed by atoms with E-state index in [1.807, 2.05) is 0 Å². The molecule has 4 rings (SSSR count). The van der Waals surface area contributed by atoms with Crippen LogP contribution in [0.5, 0.6) is 17.2 Å². The molecule has 0 N–H and O–H groups in total. The highest BCUT2D eigenvalue weighted by Crippen LogP contribution is 2.40. The zero-order valence-corrected chi connectivity index (χ0v) is 19.8. The zero-order valence-electron chi connectivity index (χ0n) is 18.3. The van der Waals surface area contributed by atoms with E-state index < -0.39 is 22.9 Å². The fourth-order valence-electron chi connectivity index (χ4n) is 3.54. The van der Waals surface area contributed by atoms with Gasteiger partial charge in [0.05, 0.1) is 25.2 Å². The van der Waals surface area contributed by atoms with Crippen LogP contribution in [0.4, 0.5) is 13.2 Å². The van der Waals surface area contributed by atoms with Crippen LogP contribution in [0.3, 0.4) is 0 Å². The summed E-state index contributed by atoms with van der Waals surface area (Å²) in [5.74, 6) is -0.799. The van der Waals surface area contributed by atoms with Gasteiger partial charge >= 0.3 is 6.18 Å². The molecule has 182 valence electrons. The molecule has 35 heavy (non-hydrogen) atoms. The maximum absolute atomic E-state index is 14.0. The van der Waals surface area contributed by atoms with Crippen LogP contribution < -0.4 is 19.6 Å². The summed E-state index contributed by atoms with van der Waals surface area (Å²) in [5, 5.41) is 0.707. The van der Waals surface area contributed by atoms with Crippen molar-refractivity contribution in [2.75, 3.05) is 14.2 Å². The third-order valence-corrected chi connectivity index (χ3v) is 5.95. The first-order valence-corrected chi connectivity index (χ1v) is 10.9. The second-order valence-electron chi connectivity index (χ2n) is 7.35. The number of methoxy groups -OCH3 is 2. The molecule has 0 aliphatic heterocycles. The van der Waals surface area contributed by atoms with E-state index in [-0.39, 0.29) is 34.6 Å². The van der Waals surface area contributed by atoms with Crippen LogP contribution in [-0.2, 0) is 12.8 Å². The average molecular weight is 525 g/mol. The molecule has 0 saturated heterocycles. The van der Waals surface area contributed by atoms with E-state index in [1.54, 1.807) is 18.2 Å². The Morgan fingerprint density at radius 1 is 0.914 bits per heavy atom. The van der Waals surface area contributed by atoms with Crippen molar-refractivity contribution < 1.29 is 31.8 Å². The molecule has 10 heteroatoms. The smallest absolute Gasteiger partial charge is 0.450 e. The normalized spacial score (nSPS) is 11.5. The van der Waals surface area contributed by atoms with Gasteiger partial charge in [-0.25, -0.2) is 0 Å². The highest BCUT2D eigenvalue weighted by Gasteiger charge is 2.39. The number of halogens is 5. The summed E-state index contributed by atoms with van der Waals surface area (Å²) in [4.78, 5) is 13.2. The maximum atomic E-state index is 14.0. The van der Waals surface area contributed by atoms with Gasteiger partial charge in [0.15, 0.2) is 11.5 Å². The average Bonchev–Trinajstić information content (AvgIpc) is 2.82. The van der Waals surface area contributed by atoms with Crippen molar-refractivity contribution in [1.82, 2.24) is 0 Å². The highest BCUT2D eigenvalue weighted by molar-refractivity contribution is 6.35. The van der Waals surface area contributed by atoms with Crippen molar-refractivity contribution >= 4 is 34.2 Å². The van der Waals surface area contributed by atoms with Crippen LogP contribution in [0.15, 0.2) is 63.8 Å². The number of ether oxygens (including phenoxy) is 3. The van der Waals surface area contributed by atoms with E-state index in [0.717, 1.165) is 0 Å². The molecule has 5 nitrogen and oxygen atoms in total. The molecule has 3 aromatic carbocycles. The third kappa shape index (κ3) is 4.90. The molecule has 0 aliphatic rings. The molecule has 0 fully saturated rings. The van der Waals surface area contributed by atoms with Gasteiger partial charge in [-0.3, -0.25) is 4.79 Å². The Morgan fingerprint density at radius 2 is 1.60 bits per heavy atom. The van der Waals surface area contributed by atoms with Gasteiger partial charge in [-0.15, -0.1) is 0 Å². The van der Waals surface area contributed by atoms with Crippen molar-refractivity contribution in [3.05, 3.63) is 86.2 Å². The third-order valence-electron chi connectivity index (χ3n) is 5.24. The van der Waals surface area contributed by atoms with Gasteiger partial charge in [-0.2, -0.15) is 13.2 Å². The Kier molecular flexibility index (Phi) is 6.87. The first kappa shape index (κ1) is 24.8. The first-order chi connectivity index (χ1) is 16.6. The summed E-state index contributed by atoms with van der Waals surface area (Å²) >= 11 is 12.3. The standard InChI is InChI=1S/C25H17Cl2F3O5/c1-32-19-9-6-13(10-21(19)33-2)22-23(31)15-8-7-14(11-20(15)35-24(22)25(28,29)30)34-12-16-17(26)4-3-5-18(16)27/h3-11H,12H2,1-2H3. The molecule has 0 aliphatic carbocycles. The van der Waals surface area contributed by atoms with Gasteiger partial charge in [0.1, 0.15) is 17.9 Å². The van der Waals surface area contributed by atoms with Crippen molar-refractivity contribution in [2.24, 2.45) is 0 Å². The Bertz CT molecular complexity index is 1440. The number of rotatable bonds is 6. The largest absolute Gasteiger partial charge is 0.493 e. The van der Waals surface area contributed by atoms with Gasteiger partial charge in [0.2, 0.25) is 11.2 Å². The topological polar surface area (TPSA) is 57.9 Å². The fraction of sp³-hybridized carbons (Fsp3) is 0.160. The molecule has 0 saturated carbocycles. The Labute approximate surface area is 207 Å². The zero-order chi connectivity index (χ0) is 25.3. The Hall–Kier alpha value is -3.36. The summed E-state index contributed by atoms with van der Waals surface area (Å²) < 4.78 is 63.1. The van der Waals surface area contributed by atoms with Crippen LogP contribution in [0, 0.1) is 0 Å². The lowest BCUT2D eigenvalue weighted by Gasteiger charge is -2.15. The van der Waals surface area contributed by atoms with Gasteiger partial charge in [0.25, 0.3) is 0 Å². The summed E-state index contributed by atoms with van der Waals surface area (Å²) in [6.07, 6.45) is -4.95. The molecule has 0 spiro atoms. The lowest BCUT2D eigenvalue weighted by Crippen LogP contribution is -2.16. The molecule has 1 aromatic heterocycles. The number of hydrogen-bond donors (Lipinski definition) is 0. The Balaban J connectivity index is 1.82. The number of benzene rings is 3. The van der Waals surface area contributed by atoms with Gasteiger partial charge in [0, 0.05) is 21.7 Å². The molecule has 4 aromatic rings. The van der Waals surface area contributed by atoms with Gasteiger partial charge in [-0.1, -0.05) is 35.3 Å². The van der Waals surface area contributed by atoms with Crippen LogP contribution >= 0.6 is 23.2 Å². The lowest BCUT2D eigenvalue weighted by molar-refractivity contribution is -0.152. The van der Waals surface area contributed by atoms with E-state index in [2.05, 4.69) is 0 Å². The number of alkyl halides is 3. The molecule has 0 atom stereocenters. The number of hydrogen-bond acceptors (Lipinski definition) is 5. The molecular weight excluding hydrogens is 508 g/mol. The van der Waals surface area contributed by atoms with Crippen molar-refractivity contribution in [2.45, 2.75) is 12.8 Å². The summed E-state index contributed by atoms with van der Waals surface area (Å²) in [7, 11) is 2.73. The van der Waals surface area contributed by atoms with Crippen LogP contribution in [0.25, 0.3) is 22.1 Å². The second-order valence-corrected chi connectivity index (χ2v) is 8.16. The van der Waals surface area contributed by atoms with Crippen molar-refractivity contribution in [1.29, 1.82) is 0 Å².